The van der Waals surface area contributed by atoms with Gasteiger partial charge >= 0.3 is 0 Å². The van der Waals surface area contributed by atoms with Crippen molar-refractivity contribution < 1.29 is 17.9 Å². The topological polar surface area (TPSA) is 67.9 Å². The molecule has 1 aliphatic carbocycles. The monoisotopic (exact) mass is 334 g/mol. The first-order chi connectivity index (χ1) is 10.4. The van der Waals surface area contributed by atoms with Gasteiger partial charge in [-0.1, -0.05) is 19.8 Å². The number of nitrogens with zero attached hydrogens (tertiary/aromatic N) is 1. The van der Waals surface area contributed by atoms with Crippen LogP contribution in [-0.4, -0.2) is 57.3 Å². The molecule has 0 aromatic heterocycles. The Hall–Kier alpha value is -0.210. The molecule has 0 amide bonds. The highest BCUT2D eigenvalue weighted by Crippen LogP contribution is 2.26. The van der Waals surface area contributed by atoms with E-state index in [1.54, 1.807) is 0 Å². The van der Waals surface area contributed by atoms with E-state index >= 15 is 0 Å². The smallest absolute Gasteiger partial charge is 0.279 e. The first-order valence-corrected chi connectivity index (χ1v) is 9.84. The molecule has 2 aliphatic rings. The van der Waals surface area contributed by atoms with Gasteiger partial charge in [-0.15, -0.1) is 0 Å². The van der Waals surface area contributed by atoms with Crippen molar-refractivity contribution in [3.05, 3.63) is 0 Å². The Labute approximate surface area is 134 Å². The summed E-state index contributed by atoms with van der Waals surface area (Å²) in [5, 5.41) is 0. The zero-order valence-electron chi connectivity index (χ0n) is 14.0. The first kappa shape index (κ1) is 18.1. The largest absolute Gasteiger partial charge is 0.377 e. The third-order valence-electron chi connectivity index (χ3n) is 4.48. The van der Waals surface area contributed by atoms with Gasteiger partial charge in [0.05, 0.1) is 24.9 Å². The minimum atomic E-state index is -3.44. The van der Waals surface area contributed by atoms with Gasteiger partial charge in [-0.05, 0) is 32.6 Å². The third-order valence-corrected chi connectivity index (χ3v) is 6.02. The van der Waals surface area contributed by atoms with Crippen LogP contribution >= 0.6 is 0 Å². The van der Waals surface area contributed by atoms with Gasteiger partial charge in [0.15, 0.2) is 0 Å². The van der Waals surface area contributed by atoms with Crippen LogP contribution in [0.1, 0.15) is 46.5 Å². The molecule has 0 radical (unpaired) electrons. The summed E-state index contributed by atoms with van der Waals surface area (Å²) in [6.07, 6.45) is 4.93. The van der Waals surface area contributed by atoms with E-state index in [9.17, 15) is 8.42 Å². The van der Waals surface area contributed by atoms with E-state index in [1.165, 1.54) is 23.6 Å². The molecule has 0 bridgehead atoms. The molecule has 0 aromatic rings. The molecule has 1 heterocycles. The van der Waals surface area contributed by atoms with E-state index in [2.05, 4.69) is 11.6 Å². The molecule has 0 spiro atoms. The van der Waals surface area contributed by atoms with Gasteiger partial charge in [-0.3, -0.25) is 0 Å². The molecule has 4 atom stereocenters. The van der Waals surface area contributed by atoms with Gasteiger partial charge in [0, 0.05) is 19.6 Å². The number of ether oxygens (including phenoxy) is 2. The molecule has 6 nitrogen and oxygen atoms in total. The van der Waals surface area contributed by atoms with Crippen LogP contribution in [0.3, 0.4) is 0 Å². The van der Waals surface area contributed by atoms with Crippen LogP contribution in [0.2, 0.25) is 0 Å². The SMILES string of the molecule is CC1CN(S(=O)(=O)NCCOC2CCCCC2C)CC(C)O1. The van der Waals surface area contributed by atoms with Gasteiger partial charge in [0.25, 0.3) is 10.2 Å². The van der Waals surface area contributed by atoms with Crippen molar-refractivity contribution in [2.45, 2.75) is 64.8 Å². The van der Waals surface area contributed by atoms with E-state index in [1.807, 2.05) is 13.8 Å². The summed E-state index contributed by atoms with van der Waals surface area (Å²) in [4.78, 5) is 0. The Bertz CT molecular complexity index is 433. The lowest BCUT2D eigenvalue weighted by atomic mass is 9.88. The van der Waals surface area contributed by atoms with Crippen LogP contribution < -0.4 is 4.72 Å². The minimum absolute atomic E-state index is 0.0698. The normalized spacial score (nSPS) is 34.7. The number of hydrogen-bond donors (Lipinski definition) is 1. The minimum Gasteiger partial charge on any atom is -0.377 e. The molecule has 7 heteroatoms. The third kappa shape index (κ3) is 5.16. The summed E-state index contributed by atoms with van der Waals surface area (Å²) in [5.74, 6) is 0.575. The molecule has 0 aromatic carbocycles. The van der Waals surface area contributed by atoms with E-state index in [4.69, 9.17) is 9.47 Å². The fraction of sp³-hybridized carbons (Fsp3) is 1.00. The molecular weight excluding hydrogens is 304 g/mol. The maximum absolute atomic E-state index is 12.3. The second-order valence-electron chi connectivity index (χ2n) is 6.64. The molecule has 4 unspecified atom stereocenters. The number of morpholine rings is 1. The van der Waals surface area contributed by atoms with Gasteiger partial charge in [-0.25, -0.2) is 0 Å². The number of hydrogen-bond acceptors (Lipinski definition) is 4. The zero-order chi connectivity index (χ0) is 16.2. The molecule has 1 saturated heterocycles. The summed E-state index contributed by atoms with van der Waals surface area (Å²) in [6.45, 7) is 7.57. The van der Waals surface area contributed by atoms with E-state index in [0.29, 0.717) is 32.2 Å². The Morgan fingerprint density at radius 1 is 1.14 bits per heavy atom. The van der Waals surface area contributed by atoms with Crippen LogP contribution in [0, 0.1) is 5.92 Å². The molecule has 22 heavy (non-hydrogen) atoms. The maximum atomic E-state index is 12.3. The molecule has 2 rings (SSSR count). The highest BCUT2D eigenvalue weighted by Gasteiger charge is 2.30. The lowest BCUT2D eigenvalue weighted by Crippen LogP contribution is -2.52. The van der Waals surface area contributed by atoms with Crippen LogP contribution in [0.25, 0.3) is 0 Å². The predicted octanol–water partition coefficient (Wildman–Crippen LogP) is 1.53. The van der Waals surface area contributed by atoms with Gasteiger partial charge in [-0.2, -0.15) is 17.4 Å². The van der Waals surface area contributed by atoms with Crippen molar-refractivity contribution in [1.29, 1.82) is 0 Å². The van der Waals surface area contributed by atoms with Crippen molar-refractivity contribution in [2.75, 3.05) is 26.2 Å². The Balaban J connectivity index is 1.73. The number of rotatable bonds is 6. The zero-order valence-corrected chi connectivity index (χ0v) is 14.8. The fourth-order valence-corrected chi connectivity index (χ4v) is 4.67. The molecular formula is C15H30N2O4S. The van der Waals surface area contributed by atoms with Crippen LogP contribution in [0.5, 0.6) is 0 Å². The van der Waals surface area contributed by atoms with Gasteiger partial charge in [0.2, 0.25) is 0 Å². The molecule has 1 saturated carbocycles. The van der Waals surface area contributed by atoms with Crippen molar-refractivity contribution >= 4 is 10.2 Å². The van der Waals surface area contributed by atoms with Crippen molar-refractivity contribution in [2.24, 2.45) is 5.92 Å². The fourth-order valence-electron chi connectivity index (χ4n) is 3.33. The second kappa shape index (κ2) is 8.06. The summed E-state index contributed by atoms with van der Waals surface area (Å²) >= 11 is 0. The predicted molar refractivity (Wildman–Crippen MR) is 85.9 cm³/mol. The number of nitrogens with one attached hydrogen (secondary N) is 1. The quantitative estimate of drug-likeness (QED) is 0.748. The lowest BCUT2D eigenvalue weighted by molar-refractivity contribution is -0.0445. The summed E-state index contributed by atoms with van der Waals surface area (Å²) in [7, 11) is -3.44. The Morgan fingerprint density at radius 3 is 2.41 bits per heavy atom. The van der Waals surface area contributed by atoms with Crippen LogP contribution in [0.15, 0.2) is 0 Å². The van der Waals surface area contributed by atoms with Crippen LogP contribution in [0.4, 0.5) is 0 Å². The van der Waals surface area contributed by atoms with E-state index < -0.39 is 10.2 Å². The van der Waals surface area contributed by atoms with Crippen molar-refractivity contribution in [3.63, 3.8) is 0 Å². The van der Waals surface area contributed by atoms with Crippen molar-refractivity contribution in [3.8, 4) is 0 Å². The van der Waals surface area contributed by atoms with Gasteiger partial charge < -0.3 is 9.47 Å². The molecule has 1 N–H and O–H groups in total. The lowest BCUT2D eigenvalue weighted by Gasteiger charge is -2.34. The van der Waals surface area contributed by atoms with Gasteiger partial charge in [0.1, 0.15) is 0 Å². The average Bonchev–Trinajstić information content (AvgIpc) is 2.44. The Kier molecular flexibility index (Phi) is 6.64. The summed E-state index contributed by atoms with van der Waals surface area (Å²) in [5.41, 5.74) is 0. The molecule has 1 aliphatic heterocycles. The average molecular weight is 334 g/mol. The maximum Gasteiger partial charge on any atom is 0.279 e. The second-order valence-corrected chi connectivity index (χ2v) is 8.40. The van der Waals surface area contributed by atoms with Crippen molar-refractivity contribution in [1.82, 2.24) is 9.03 Å². The van der Waals surface area contributed by atoms with Crippen LogP contribution in [-0.2, 0) is 19.7 Å². The molecule has 130 valence electrons. The summed E-state index contributed by atoms with van der Waals surface area (Å²) < 4.78 is 40.1. The molecule has 2 fully saturated rings. The van der Waals surface area contributed by atoms with E-state index in [0.717, 1.165) is 6.42 Å². The highest BCUT2D eigenvalue weighted by molar-refractivity contribution is 7.87. The highest BCUT2D eigenvalue weighted by atomic mass is 32.2. The Morgan fingerprint density at radius 2 is 1.77 bits per heavy atom. The summed E-state index contributed by atoms with van der Waals surface area (Å²) in [6, 6.07) is 0. The van der Waals surface area contributed by atoms with E-state index in [-0.39, 0.29) is 18.3 Å². The first-order valence-electron chi connectivity index (χ1n) is 8.40. The standard InChI is InChI=1S/C15H30N2O4S/c1-12-6-4-5-7-15(12)20-9-8-16-22(18,19)17-10-13(2)21-14(3)11-17/h12-16H,4-11H2,1-3H3.